The summed E-state index contributed by atoms with van der Waals surface area (Å²) in [5.41, 5.74) is 6.01. The van der Waals surface area contributed by atoms with E-state index in [1.165, 1.54) is 0 Å². The van der Waals surface area contributed by atoms with Gasteiger partial charge in [-0.2, -0.15) is 0 Å². The quantitative estimate of drug-likeness (QED) is 0.744. The van der Waals surface area contributed by atoms with E-state index in [1.807, 2.05) is 6.20 Å². The summed E-state index contributed by atoms with van der Waals surface area (Å²) in [6, 6.07) is 0. The number of hydrogen-bond acceptors (Lipinski definition) is 3. The van der Waals surface area contributed by atoms with Crippen LogP contribution in [0, 0.1) is 0 Å². The van der Waals surface area contributed by atoms with Gasteiger partial charge in [-0.3, -0.25) is 0 Å². The summed E-state index contributed by atoms with van der Waals surface area (Å²) in [4.78, 5) is 17.7. The minimum absolute atomic E-state index is 0.0888. The van der Waals surface area contributed by atoms with E-state index in [0.717, 1.165) is 37.8 Å². The minimum Gasteiger partial charge on any atom is -0.446 e. The zero-order valence-electron chi connectivity index (χ0n) is 9.61. The van der Waals surface area contributed by atoms with Crippen LogP contribution in [-0.4, -0.2) is 22.2 Å². The molecule has 5 heteroatoms. The molecule has 1 unspecified atom stereocenters. The fourth-order valence-electron chi connectivity index (χ4n) is 1.59. The van der Waals surface area contributed by atoms with Gasteiger partial charge < -0.3 is 15.5 Å². The first-order chi connectivity index (χ1) is 7.72. The van der Waals surface area contributed by atoms with E-state index < -0.39 is 6.09 Å². The van der Waals surface area contributed by atoms with Crippen molar-refractivity contribution in [2.75, 3.05) is 0 Å². The molecule has 1 rings (SSSR count). The van der Waals surface area contributed by atoms with Crippen molar-refractivity contribution >= 4 is 6.09 Å². The van der Waals surface area contributed by atoms with Crippen LogP contribution in [0.3, 0.4) is 0 Å². The highest BCUT2D eigenvalue weighted by Gasteiger charge is 2.12. The lowest BCUT2D eigenvalue weighted by Crippen LogP contribution is -2.23. The topological polar surface area (TPSA) is 81.0 Å². The number of hydrogen-bond donors (Lipinski definition) is 2. The number of nitrogens with one attached hydrogen (secondary N) is 1. The summed E-state index contributed by atoms with van der Waals surface area (Å²) in [7, 11) is 0. The van der Waals surface area contributed by atoms with Gasteiger partial charge in [0.25, 0.3) is 0 Å². The van der Waals surface area contributed by atoms with E-state index in [2.05, 4.69) is 16.9 Å². The second kappa shape index (κ2) is 6.87. The lowest BCUT2D eigenvalue weighted by Gasteiger charge is -2.15. The molecule has 1 aromatic rings. The number of amides is 1. The van der Waals surface area contributed by atoms with E-state index in [1.54, 1.807) is 6.33 Å². The zero-order valence-corrected chi connectivity index (χ0v) is 9.61. The number of aromatic amines is 1. The number of ether oxygens (including phenoxy) is 1. The molecule has 0 aliphatic rings. The van der Waals surface area contributed by atoms with E-state index >= 15 is 0 Å². The standard InChI is InChI=1S/C11H19N3O2/c1-2-3-4-10(16-11(12)15)6-5-9-7-13-8-14-9/h7-8,10H,2-6H2,1H3,(H2,12,15)(H,13,14). The Morgan fingerprint density at radius 1 is 1.62 bits per heavy atom. The first-order valence-corrected chi connectivity index (χ1v) is 5.66. The molecule has 5 nitrogen and oxygen atoms in total. The van der Waals surface area contributed by atoms with Gasteiger partial charge in [0.05, 0.1) is 12.0 Å². The molecule has 1 heterocycles. The van der Waals surface area contributed by atoms with Crippen LogP contribution < -0.4 is 5.73 Å². The SMILES string of the molecule is CCCCC(CCc1c[nH]cn1)OC(N)=O. The predicted molar refractivity (Wildman–Crippen MR) is 60.9 cm³/mol. The molecule has 3 N–H and O–H groups in total. The first-order valence-electron chi connectivity index (χ1n) is 5.66. The molecule has 0 bridgehead atoms. The number of unbranched alkanes of at least 4 members (excludes halogenated alkanes) is 1. The fourth-order valence-corrected chi connectivity index (χ4v) is 1.59. The van der Waals surface area contributed by atoms with Crippen molar-refractivity contribution in [1.29, 1.82) is 0 Å². The molecule has 1 amide bonds. The monoisotopic (exact) mass is 225 g/mol. The summed E-state index contributed by atoms with van der Waals surface area (Å²) < 4.78 is 5.05. The summed E-state index contributed by atoms with van der Waals surface area (Å²) in [5.74, 6) is 0. The number of H-pyrrole nitrogens is 1. The Balaban J connectivity index is 2.33. The smallest absolute Gasteiger partial charge is 0.404 e. The Hall–Kier alpha value is -1.52. The number of carbonyl (C=O) groups is 1. The molecule has 0 saturated carbocycles. The Morgan fingerprint density at radius 3 is 3.00 bits per heavy atom. The largest absolute Gasteiger partial charge is 0.446 e. The van der Waals surface area contributed by atoms with Crippen LogP contribution in [0.2, 0.25) is 0 Å². The number of nitrogens with two attached hydrogens (primary N) is 1. The predicted octanol–water partition coefficient (Wildman–Crippen LogP) is 2.00. The Labute approximate surface area is 95.4 Å². The minimum atomic E-state index is -0.692. The van der Waals surface area contributed by atoms with Crippen LogP contribution in [0.15, 0.2) is 12.5 Å². The van der Waals surface area contributed by atoms with Gasteiger partial charge in [0.2, 0.25) is 0 Å². The van der Waals surface area contributed by atoms with Crippen molar-refractivity contribution in [3.8, 4) is 0 Å². The van der Waals surface area contributed by atoms with Crippen LogP contribution in [0.1, 0.15) is 38.3 Å². The van der Waals surface area contributed by atoms with Crippen LogP contribution in [0.4, 0.5) is 4.79 Å². The van der Waals surface area contributed by atoms with Crippen LogP contribution in [0.5, 0.6) is 0 Å². The van der Waals surface area contributed by atoms with Crippen LogP contribution in [-0.2, 0) is 11.2 Å². The number of aromatic nitrogens is 2. The van der Waals surface area contributed by atoms with Gasteiger partial charge >= 0.3 is 6.09 Å². The molecule has 90 valence electrons. The van der Waals surface area contributed by atoms with Gasteiger partial charge in [0.15, 0.2) is 0 Å². The average molecular weight is 225 g/mol. The summed E-state index contributed by atoms with van der Waals surface area (Å²) in [6.45, 7) is 2.11. The van der Waals surface area contributed by atoms with Crippen molar-refractivity contribution in [1.82, 2.24) is 9.97 Å². The van der Waals surface area contributed by atoms with Gasteiger partial charge in [-0.05, 0) is 19.3 Å². The summed E-state index contributed by atoms with van der Waals surface area (Å²) in [5, 5.41) is 0. The molecular weight excluding hydrogens is 206 g/mol. The number of carbonyl (C=O) groups excluding carboxylic acids is 1. The van der Waals surface area contributed by atoms with Crippen molar-refractivity contribution in [3.63, 3.8) is 0 Å². The van der Waals surface area contributed by atoms with Crippen molar-refractivity contribution in [2.24, 2.45) is 5.73 Å². The third-order valence-corrected chi connectivity index (χ3v) is 2.44. The fraction of sp³-hybridized carbons (Fsp3) is 0.636. The van der Waals surface area contributed by atoms with E-state index in [-0.39, 0.29) is 6.10 Å². The third kappa shape index (κ3) is 4.82. The van der Waals surface area contributed by atoms with Crippen LogP contribution >= 0.6 is 0 Å². The molecule has 16 heavy (non-hydrogen) atoms. The second-order valence-corrected chi connectivity index (χ2v) is 3.80. The highest BCUT2D eigenvalue weighted by atomic mass is 16.6. The third-order valence-electron chi connectivity index (χ3n) is 2.44. The van der Waals surface area contributed by atoms with Gasteiger partial charge in [-0.25, -0.2) is 9.78 Å². The average Bonchev–Trinajstić information content (AvgIpc) is 2.74. The Morgan fingerprint density at radius 2 is 2.44 bits per heavy atom. The molecule has 0 spiro atoms. The number of imidazole rings is 1. The molecule has 0 saturated heterocycles. The second-order valence-electron chi connectivity index (χ2n) is 3.80. The van der Waals surface area contributed by atoms with Crippen molar-refractivity contribution < 1.29 is 9.53 Å². The van der Waals surface area contributed by atoms with Gasteiger partial charge in [0, 0.05) is 6.20 Å². The maximum atomic E-state index is 10.7. The summed E-state index contributed by atoms with van der Waals surface area (Å²) in [6.07, 6.45) is 7.27. The highest BCUT2D eigenvalue weighted by Crippen LogP contribution is 2.11. The number of rotatable bonds is 7. The van der Waals surface area contributed by atoms with E-state index in [4.69, 9.17) is 10.5 Å². The molecule has 1 aromatic heterocycles. The molecular formula is C11H19N3O2. The molecule has 1 atom stereocenters. The van der Waals surface area contributed by atoms with Gasteiger partial charge in [0.1, 0.15) is 6.10 Å². The lowest BCUT2D eigenvalue weighted by molar-refractivity contribution is 0.0943. The maximum absolute atomic E-state index is 10.7. The van der Waals surface area contributed by atoms with Crippen molar-refractivity contribution in [2.45, 2.75) is 45.1 Å². The molecule has 0 aliphatic heterocycles. The lowest BCUT2D eigenvalue weighted by atomic mass is 10.1. The molecule has 0 aliphatic carbocycles. The first kappa shape index (κ1) is 12.5. The zero-order chi connectivity index (χ0) is 11.8. The van der Waals surface area contributed by atoms with E-state index in [0.29, 0.717) is 0 Å². The van der Waals surface area contributed by atoms with E-state index in [9.17, 15) is 4.79 Å². The van der Waals surface area contributed by atoms with Crippen molar-refractivity contribution in [3.05, 3.63) is 18.2 Å². The Kier molecular flexibility index (Phi) is 5.39. The van der Waals surface area contributed by atoms with Gasteiger partial charge in [-0.15, -0.1) is 0 Å². The maximum Gasteiger partial charge on any atom is 0.404 e. The normalized spacial score (nSPS) is 12.3. The molecule has 0 fully saturated rings. The highest BCUT2D eigenvalue weighted by molar-refractivity contribution is 5.64. The van der Waals surface area contributed by atoms with Crippen LogP contribution in [0.25, 0.3) is 0 Å². The molecule has 0 radical (unpaired) electrons. The Bertz CT molecular complexity index is 298. The number of primary amides is 1. The summed E-state index contributed by atoms with van der Waals surface area (Å²) >= 11 is 0. The number of nitrogens with zero attached hydrogens (tertiary/aromatic N) is 1. The molecule has 0 aromatic carbocycles. The number of aryl methyl sites for hydroxylation is 1. The van der Waals surface area contributed by atoms with Gasteiger partial charge in [-0.1, -0.05) is 19.8 Å².